The molecule has 3 aromatic carbocycles. The Labute approximate surface area is 253 Å². The summed E-state index contributed by atoms with van der Waals surface area (Å²) in [7, 11) is 1.54. The summed E-state index contributed by atoms with van der Waals surface area (Å²) in [5, 5.41) is 6.22. The minimum absolute atomic E-state index is 0.0425. The number of aromatic nitrogens is 1. The van der Waals surface area contributed by atoms with E-state index in [0.717, 1.165) is 18.2 Å². The molecule has 0 saturated heterocycles. The van der Waals surface area contributed by atoms with Crippen molar-refractivity contribution in [2.24, 2.45) is 22.8 Å². The van der Waals surface area contributed by atoms with Crippen LogP contribution in [-0.4, -0.2) is 28.9 Å². The Bertz CT molecular complexity index is 2050. The fourth-order valence-corrected chi connectivity index (χ4v) is 5.03. The van der Waals surface area contributed by atoms with Crippen LogP contribution in [0.2, 0.25) is 5.02 Å². The van der Waals surface area contributed by atoms with Crippen LogP contribution in [-0.2, 0) is 13.2 Å². The number of carbonyl (C=O) groups is 2. The van der Waals surface area contributed by atoms with Gasteiger partial charge in [-0.25, -0.2) is 4.99 Å². The third-order valence-electron chi connectivity index (χ3n) is 6.90. The van der Waals surface area contributed by atoms with E-state index in [1.807, 2.05) is 0 Å². The van der Waals surface area contributed by atoms with Crippen LogP contribution in [0.5, 0.6) is 0 Å². The molecule has 2 heterocycles. The van der Waals surface area contributed by atoms with Crippen LogP contribution < -0.4 is 32.6 Å². The van der Waals surface area contributed by atoms with E-state index in [-0.39, 0.29) is 34.3 Å². The molecule has 2 amide bonds. The SMILES string of the molecule is Cc1ccc(NC(=O)c2cccc(C(F)(F)F)c2)c(Cl)c1-c1cc2c(n(C)c1=O)=NC(Nc1cccc(C(N)=O)c1)=NCC=2. The summed E-state index contributed by atoms with van der Waals surface area (Å²) in [5.74, 6) is -1.18. The number of nitrogens with two attached hydrogens (primary N) is 1. The maximum Gasteiger partial charge on any atom is 0.416 e. The molecular formula is C31H24ClF3N6O3. The van der Waals surface area contributed by atoms with Crippen LogP contribution in [0, 0.1) is 6.92 Å². The Hall–Kier alpha value is -5.23. The summed E-state index contributed by atoms with van der Waals surface area (Å²) in [6.45, 7) is 1.95. The van der Waals surface area contributed by atoms with Gasteiger partial charge in [0, 0.05) is 40.2 Å². The molecule has 13 heteroatoms. The van der Waals surface area contributed by atoms with Gasteiger partial charge < -0.3 is 16.4 Å². The van der Waals surface area contributed by atoms with Gasteiger partial charge in [-0.1, -0.05) is 35.9 Å². The van der Waals surface area contributed by atoms with Crippen molar-refractivity contribution in [1.82, 2.24) is 4.57 Å². The largest absolute Gasteiger partial charge is 0.416 e. The number of guanidine groups is 1. The van der Waals surface area contributed by atoms with E-state index in [2.05, 4.69) is 20.6 Å². The van der Waals surface area contributed by atoms with Crippen molar-refractivity contribution >= 4 is 46.8 Å². The highest BCUT2D eigenvalue weighted by molar-refractivity contribution is 6.36. The number of fused-ring (bicyclic) bond motifs is 1. The van der Waals surface area contributed by atoms with Crippen LogP contribution in [0.3, 0.4) is 0 Å². The van der Waals surface area contributed by atoms with Gasteiger partial charge in [0.25, 0.3) is 11.5 Å². The number of aliphatic imine (C=N–C) groups is 1. The van der Waals surface area contributed by atoms with Crippen LogP contribution in [0.4, 0.5) is 24.5 Å². The number of benzene rings is 3. The fraction of sp³-hybridized carbons (Fsp3) is 0.129. The minimum Gasteiger partial charge on any atom is -0.366 e. The lowest BCUT2D eigenvalue weighted by Crippen LogP contribution is -2.43. The van der Waals surface area contributed by atoms with Crippen molar-refractivity contribution in [3.8, 4) is 11.1 Å². The number of primary amides is 1. The lowest BCUT2D eigenvalue weighted by atomic mass is 9.99. The van der Waals surface area contributed by atoms with Gasteiger partial charge in [-0.2, -0.15) is 18.2 Å². The molecule has 0 spiro atoms. The van der Waals surface area contributed by atoms with E-state index < -0.39 is 29.1 Å². The van der Waals surface area contributed by atoms with Crippen molar-refractivity contribution < 1.29 is 22.8 Å². The number of anilines is 2. The van der Waals surface area contributed by atoms with Gasteiger partial charge in [-0.3, -0.25) is 19.0 Å². The quantitative estimate of drug-likeness (QED) is 0.308. The van der Waals surface area contributed by atoms with E-state index >= 15 is 0 Å². The molecule has 44 heavy (non-hydrogen) atoms. The number of amides is 2. The van der Waals surface area contributed by atoms with Crippen LogP contribution in [0.25, 0.3) is 17.2 Å². The molecule has 224 valence electrons. The van der Waals surface area contributed by atoms with E-state index in [4.69, 9.17) is 17.3 Å². The molecule has 4 N–H and O–H groups in total. The molecule has 1 aliphatic rings. The van der Waals surface area contributed by atoms with Crippen molar-refractivity contribution in [1.29, 1.82) is 0 Å². The fourth-order valence-electron chi connectivity index (χ4n) is 4.67. The topological polar surface area (TPSA) is 131 Å². The first-order valence-electron chi connectivity index (χ1n) is 13.1. The van der Waals surface area contributed by atoms with Crippen molar-refractivity contribution in [2.45, 2.75) is 13.1 Å². The zero-order valence-electron chi connectivity index (χ0n) is 23.3. The van der Waals surface area contributed by atoms with Crippen LogP contribution >= 0.6 is 11.6 Å². The van der Waals surface area contributed by atoms with E-state index in [1.54, 1.807) is 56.4 Å². The number of alkyl halides is 3. The zero-order chi connectivity index (χ0) is 31.8. The van der Waals surface area contributed by atoms with E-state index in [1.165, 1.54) is 16.7 Å². The highest BCUT2D eigenvalue weighted by atomic mass is 35.5. The van der Waals surface area contributed by atoms with Gasteiger partial charge in [-0.15, -0.1) is 0 Å². The number of carbonyl (C=O) groups excluding carboxylic acids is 2. The van der Waals surface area contributed by atoms with E-state index in [9.17, 15) is 27.6 Å². The van der Waals surface area contributed by atoms with Gasteiger partial charge >= 0.3 is 6.18 Å². The minimum atomic E-state index is -4.61. The molecule has 0 bridgehead atoms. The lowest BCUT2D eigenvalue weighted by Gasteiger charge is -2.15. The first kappa shape index (κ1) is 30.2. The van der Waals surface area contributed by atoms with Crippen molar-refractivity contribution in [3.63, 3.8) is 0 Å². The smallest absolute Gasteiger partial charge is 0.366 e. The predicted octanol–water partition coefficient (Wildman–Crippen LogP) is 4.27. The van der Waals surface area contributed by atoms with Gasteiger partial charge in [0.05, 0.1) is 22.8 Å². The molecule has 0 atom stereocenters. The molecular weight excluding hydrogens is 597 g/mol. The number of pyridine rings is 1. The highest BCUT2D eigenvalue weighted by Gasteiger charge is 2.31. The zero-order valence-corrected chi connectivity index (χ0v) is 24.0. The van der Waals surface area contributed by atoms with Gasteiger partial charge in [-0.05, 0) is 61.0 Å². The Morgan fingerprint density at radius 3 is 2.48 bits per heavy atom. The Morgan fingerprint density at radius 2 is 1.75 bits per heavy atom. The Kier molecular flexibility index (Phi) is 8.11. The molecule has 0 aliphatic carbocycles. The number of aryl methyl sites for hydroxylation is 1. The molecule has 0 unspecified atom stereocenters. The monoisotopic (exact) mass is 620 g/mol. The second kappa shape index (κ2) is 11.8. The summed E-state index contributed by atoms with van der Waals surface area (Å²) in [6.07, 6.45) is -2.84. The van der Waals surface area contributed by atoms with Crippen LogP contribution in [0.1, 0.15) is 31.8 Å². The molecule has 5 rings (SSSR count). The summed E-state index contributed by atoms with van der Waals surface area (Å²) in [4.78, 5) is 47.1. The molecule has 0 fully saturated rings. The second-order valence-electron chi connectivity index (χ2n) is 9.90. The summed E-state index contributed by atoms with van der Waals surface area (Å²) < 4.78 is 40.8. The number of hydrogen-bond donors (Lipinski definition) is 3. The lowest BCUT2D eigenvalue weighted by molar-refractivity contribution is -0.137. The third-order valence-corrected chi connectivity index (χ3v) is 7.29. The molecule has 0 radical (unpaired) electrons. The number of nitrogens with one attached hydrogen (secondary N) is 2. The maximum absolute atomic E-state index is 13.7. The van der Waals surface area contributed by atoms with Crippen molar-refractivity contribution in [2.75, 3.05) is 17.2 Å². The summed E-state index contributed by atoms with van der Waals surface area (Å²) >= 11 is 6.73. The normalized spacial score (nSPS) is 12.6. The van der Waals surface area contributed by atoms with Crippen molar-refractivity contribution in [3.05, 3.63) is 115 Å². The summed E-state index contributed by atoms with van der Waals surface area (Å²) in [6, 6.07) is 15.3. The van der Waals surface area contributed by atoms with Crippen LogP contribution in [0.15, 0.2) is 81.5 Å². The Morgan fingerprint density at radius 1 is 1.02 bits per heavy atom. The number of rotatable bonds is 5. The van der Waals surface area contributed by atoms with Gasteiger partial charge in [0.1, 0.15) is 5.49 Å². The number of hydrogen-bond acceptors (Lipinski definition) is 6. The molecule has 1 aliphatic heterocycles. The molecule has 0 saturated carbocycles. The predicted molar refractivity (Wildman–Crippen MR) is 162 cm³/mol. The number of halogens is 4. The average molecular weight is 621 g/mol. The third kappa shape index (κ3) is 6.11. The van der Waals surface area contributed by atoms with E-state index in [0.29, 0.717) is 33.1 Å². The molecule has 9 nitrogen and oxygen atoms in total. The van der Waals surface area contributed by atoms with Gasteiger partial charge in [0.15, 0.2) is 0 Å². The Balaban J connectivity index is 1.51. The summed E-state index contributed by atoms with van der Waals surface area (Å²) in [5.41, 5.74) is 6.22. The first-order chi connectivity index (χ1) is 20.8. The average Bonchev–Trinajstić information content (AvgIpc) is 3.18. The highest BCUT2D eigenvalue weighted by Crippen LogP contribution is 2.35. The number of nitrogens with zero attached hydrogens (tertiary/aromatic N) is 3. The first-order valence-corrected chi connectivity index (χ1v) is 13.5. The second-order valence-corrected chi connectivity index (χ2v) is 10.3. The van der Waals surface area contributed by atoms with Gasteiger partial charge in [0.2, 0.25) is 11.9 Å². The molecule has 4 aromatic rings. The molecule has 1 aromatic heterocycles. The maximum atomic E-state index is 13.7. The standard InChI is InChI=1S/C31H24ClF3N6O3/c1-16-9-10-23(39-28(43)19-6-3-7-20(13-19)31(33,34)35)25(32)24(16)22-15-18-11-12-37-30(40-27(18)41(2)29(22)44)38-21-8-4-5-17(14-21)26(36)42/h3-11,13-15H,12H2,1-2H3,(H2,36,42)(H,37,38)(H,39,43).